The molecule has 0 aliphatic heterocycles. The molecule has 2 heteroatoms. The molecule has 1 aromatic rings. The zero-order valence-corrected chi connectivity index (χ0v) is 10.8. The van der Waals surface area contributed by atoms with Crippen molar-refractivity contribution in [3.63, 3.8) is 0 Å². The standard InChI is InChI=1S/C13H23NS/c1-3-12-9-10-13(15-12)8-6-5-7-11-14-4-2/h9-10,14H,3-8,11H2,1-2H3. The number of hydrogen-bond acceptors (Lipinski definition) is 2. The molecule has 0 aliphatic rings. The van der Waals surface area contributed by atoms with E-state index < -0.39 is 0 Å². The van der Waals surface area contributed by atoms with Crippen molar-refractivity contribution in [2.24, 2.45) is 0 Å². The second-order valence-electron chi connectivity index (χ2n) is 3.89. The highest BCUT2D eigenvalue weighted by Gasteiger charge is 1.98. The number of unbranched alkanes of at least 4 members (excludes halogenated alkanes) is 2. The first kappa shape index (κ1) is 12.7. The van der Waals surface area contributed by atoms with E-state index in [9.17, 15) is 0 Å². The van der Waals surface area contributed by atoms with Crippen molar-refractivity contribution in [2.45, 2.75) is 46.0 Å². The lowest BCUT2D eigenvalue weighted by atomic mass is 10.2. The van der Waals surface area contributed by atoms with Crippen molar-refractivity contribution < 1.29 is 0 Å². The van der Waals surface area contributed by atoms with Gasteiger partial charge in [-0.2, -0.15) is 0 Å². The van der Waals surface area contributed by atoms with E-state index in [0.29, 0.717) is 0 Å². The van der Waals surface area contributed by atoms with Crippen molar-refractivity contribution in [2.75, 3.05) is 13.1 Å². The van der Waals surface area contributed by atoms with Crippen LogP contribution in [0.25, 0.3) is 0 Å². The maximum absolute atomic E-state index is 3.36. The molecule has 0 aliphatic carbocycles. The van der Waals surface area contributed by atoms with Crippen molar-refractivity contribution in [3.8, 4) is 0 Å². The van der Waals surface area contributed by atoms with Gasteiger partial charge in [-0.1, -0.05) is 20.3 Å². The SMILES string of the molecule is CCNCCCCCc1ccc(CC)s1. The molecule has 86 valence electrons. The van der Waals surface area contributed by atoms with Crippen molar-refractivity contribution in [1.29, 1.82) is 0 Å². The van der Waals surface area contributed by atoms with Gasteiger partial charge in [-0.3, -0.25) is 0 Å². The summed E-state index contributed by atoms with van der Waals surface area (Å²) in [5.74, 6) is 0. The molecule has 1 nitrogen and oxygen atoms in total. The zero-order chi connectivity index (χ0) is 10.9. The van der Waals surface area contributed by atoms with E-state index in [2.05, 4.69) is 31.3 Å². The van der Waals surface area contributed by atoms with E-state index in [0.717, 1.165) is 6.54 Å². The Morgan fingerprint density at radius 3 is 2.53 bits per heavy atom. The minimum Gasteiger partial charge on any atom is -0.317 e. The molecule has 0 radical (unpaired) electrons. The summed E-state index contributed by atoms with van der Waals surface area (Å²) in [6.45, 7) is 6.68. The van der Waals surface area contributed by atoms with Crippen LogP contribution in [-0.4, -0.2) is 13.1 Å². The monoisotopic (exact) mass is 225 g/mol. The summed E-state index contributed by atoms with van der Waals surface area (Å²) in [7, 11) is 0. The van der Waals surface area contributed by atoms with Gasteiger partial charge in [0.1, 0.15) is 0 Å². The molecule has 0 spiro atoms. The van der Waals surface area contributed by atoms with E-state index >= 15 is 0 Å². The van der Waals surface area contributed by atoms with Gasteiger partial charge in [0.15, 0.2) is 0 Å². The molecule has 1 heterocycles. The van der Waals surface area contributed by atoms with Crippen LogP contribution in [0.2, 0.25) is 0 Å². The Morgan fingerprint density at radius 1 is 1.07 bits per heavy atom. The highest BCUT2D eigenvalue weighted by atomic mass is 32.1. The number of thiophene rings is 1. The number of hydrogen-bond donors (Lipinski definition) is 1. The minimum absolute atomic E-state index is 1.10. The van der Waals surface area contributed by atoms with E-state index in [1.54, 1.807) is 4.88 Å². The summed E-state index contributed by atoms with van der Waals surface area (Å²) in [4.78, 5) is 3.09. The molecule has 1 N–H and O–H groups in total. The predicted octanol–water partition coefficient (Wildman–Crippen LogP) is 3.63. The molecule has 0 amide bonds. The molecule has 15 heavy (non-hydrogen) atoms. The lowest BCUT2D eigenvalue weighted by molar-refractivity contribution is 0.618. The van der Waals surface area contributed by atoms with Crippen LogP contribution in [0.1, 0.15) is 42.9 Å². The predicted molar refractivity (Wildman–Crippen MR) is 69.8 cm³/mol. The summed E-state index contributed by atoms with van der Waals surface area (Å²) < 4.78 is 0. The van der Waals surface area contributed by atoms with Crippen LogP contribution in [0.15, 0.2) is 12.1 Å². The molecule has 0 atom stereocenters. The maximum Gasteiger partial charge on any atom is 0.00481 e. The summed E-state index contributed by atoms with van der Waals surface area (Å²) in [6, 6.07) is 4.58. The molecule has 0 aromatic carbocycles. The lowest BCUT2D eigenvalue weighted by Crippen LogP contribution is -2.13. The van der Waals surface area contributed by atoms with E-state index in [-0.39, 0.29) is 0 Å². The zero-order valence-electron chi connectivity index (χ0n) is 10.0. The molecular formula is C13H23NS. The quantitative estimate of drug-likeness (QED) is 0.666. The number of aryl methyl sites for hydroxylation is 2. The summed E-state index contributed by atoms with van der Waals surface area (Å²) in [6.07, 6.45) is 6.48. The molecule has 0 saturated carbocycles. The van der Waals surface area contributed by atoms with Crippen LogP contribution in [-0.2, 0) is 12.8 Å². The molecule has 0 fully saturated rings. The second kappa shape index (κ2) is 7.89. The van der Waals surface area contributed by atoms with Gasteiger partial charge in [-0.25, -0.2) is 0 Å². The molecule has 0 unspecified atom stereocenters. The fourth-order valence-corrected chi connectivity index (χ4v) is 2.65. The van der Waals surface area contributed by atoms with Crippen LogP contribution in [0.3, 0.4) is 0 Å². The van der Waals surface area contributed by atoms with Crippen molar-refractivity contribution >= 4 is 11.3 Å². The third kappa shape index (κ3) is 5.33. The van der Waals surface area contributed by atoms with E-state index in [4.69, 9.17) is 0 Å². The molecular weight excluding hydrogens is 202 g/mol. The molecule has 1 aromatic heterocycles. The summed E-state index contributed by atoms with van der Waals surface area (Å²) in [5.41, 5.74) is 0. The van der Waals surface area contributed by atoms with Crippen LogP contribution in [0.4, 0.5) is 0 Å². The van der Waals surface area contributed by atoms with Crippen molar-refractivity contribution in [1.82, 2.24) is 5.32 Å². The van der Waals surface area contributed by atoms with Gasteiger partial charge < -0.3 is 5.32 Å². The van der Waals surface area contributed by atoms with Crippen LogP contribution < -0.4 is 5.32 Å². The lowest BCUT2D eigenvalue weighted by Gasteiger charge is -2.00. The first-order valence-corrected chi connectivity index (χ1v) is 6.96. The maximum atomic E-state index is 3.36. The topological polar surface area (TPSA) is 12.0 Å². The highest BCUT2D eigenvalue weighted by molar-refractivity contribution is 7.11. The molecule has 0 saturated heterocycles. The van der Waals surface area contributed by atoms with E-state index in [1.165, 1.54) is 43.5 Å². The van der Waals surface area contributed by atoms with E-state index in [1.807, 2.05) is 11.3 Å². The van der Waals surface area contributed by atoms with Crippen LogP contribution in [0.5, 0.6) is 0 Å². The van der Waals surface area contributed by atoms with Gasteiger partial charge in [-0.15, -0.1) is 11.3 Å². The Balaban J connectivity index is 2.04. The molecule has 0 bridgehead atoms. The Bertz CT molecular complexity index is 255. The summed E-state index contributed by atoms with van der Waals surface area (Å²) >= 11 is 1.99. The number of nitrogens with one attached hydrogen (secondary N) is 1. The average Bonchev–Trinajstić information content (AvgIpc) is 2.71. The van der Waals surface area contributed by atoms with Gasteiger partial charge >= 0.3 is 0 Å². The van der Waals surface area contributed by atoms with Gasteiger partial charge in [0.2, 0.25) is 0 Å². The Kier molecular flexibility index (Phi) is 6.69. The first-order valence-electron chi connectivity index (χ1n) is 6.15. The highest BCUT2D eigenvalue weighted by Crippen LogP contribution is 2.19. The Hall–Kier alpha value is -0.340. The van der Waals surface area contributed by atoms with Gasteiger partial charge in [0.05, 0.1) is 0 Å². The average molecular weight is 225 g/mol. The molecule has 1 rings (SSSR count). The Labute approximate surface area is 97.9 Å². The second-order valence-corrected chi connectivity index (χ2v) is 5.14. The third-order valence-corrected chi connectivity index (χ3v) is 3.88. The van der Waals surface area contributed by atoms with Crippen LogP contribution in [0, 0.1) is 0 Å². The summed E-state index contributed by atoms with van der Waals surface area (Å²) in [5, 5.41) is 3.36. The van der Waals surface area contributed by atoms with Gasteiger partial charge in [-0.05, 0) is 50.9 Å². The van der Waals surface area contributed by atoms with Gasteiger partial charge in [0.25, 0.3) is 0 Å². The minimum atomic E-state index is 1.10. The van der Waals surface area contributed by atoms with Crippen molar-refractivity contribution in [3.05, 3.63) is 21.9 Å². The smallest absolute Gasteiger partial charge is 0.00481 e. The first-order chi connectivity index (χ1) is 7.36. The number of rotatable bonds is 8. The van der Waals surface area contributed by atoms with Crippen LogP contribution >= 0.6 is 11.3 Å². The normalized spacial score (nSPS) is 10.8. The van der Waals surface area contributed by atoms with Gasteiger partial charge in [0, 0.05) is 9.75 Å². The largest absolute Gasteiger partial charge is 0.317 e. The fourth-order valence-electron chi connectivity index (χ4n) is 1.65. The Morgan fingerprint density at radius 2 is 1.87 bits per heavy atom. The fraction of sp³-hybridized carbons (Fsp3) is 0.692. The third-order valence-electron chi connectivity index (χ3n) is 2.59.